The number of aromatic nitrogens is 2. The first kappa shape index (κ1) is 28.9. The molecule has 9 nitrogen and oxygen atoms in total. The molecule has 0 saturated carbocycles. The van der Waals surface area contributed by atoms with Gasteiger partial charge in [0.1, 0.15) is 11.4 Å². The maximum Gasteiger partial charge on any atom is 0.282 e. The molecule has 0 fully saturated rings. The number of furan rings is 1. The minimum absolute atomic E-state index is 0.136. The molecule has 6 aromatic rings. The maximum atomic E-state index is 13.7. The van der Waals surface area contributed by atoms with Crippen LogP contribution in [0, 0.1) is 5.82 Å². The van der Waals surface area contributed by atoms with Crippen LogP contribution in [0.5, 0.6) is 11.5 Å². The van der Waals surface area contributed by atoms with E-state index in [-0.39, 0.29) is 28.8 Å². The highest BCUT2D eigenvalue weighted by atomic mass is 35.5. The van der Waals surface area contributed by atoms with Crippen LogP contribution in [0.25, 0.3) is 33.5 Å². The highest BCUT2D eigenvalue weighted by molar-refractivity contribution is 6.31. The molecule has 0 bridgehead atoms. The molecule has 1 amide bonds. The molecule has 2 aromatic heterocycles. The van der Waals surface area contributed by atoms with E-state index >= 15 is 0 Å². The molecular formula is C32H21Cl2FN4O5. The second-order valence-corrected chi connectivity index (χ2v) is 10.4. The topological polar surface area (TPSA) is 108 Å². The fraction of sp³-hybridized carbons (Fsp3) is 0.0625. The minimum atomic E-state index is -0.544. The third-order valence-corrected chi connectivity index (χ3v) is 6.94. The molecule has 0 radical (unpaired) electrons. The first-order valence-corrected chi connectivity index (χ1v) is 13.9. The van der Waals surface area contributed by atoms with Gasteiger partial charge in [-0.25, -0.2) is 9.37 Å². The zero-order chi connectivity index (χ0) is 30.8. The third kappa shape index (κ3) is 5.98. The van der Waals surface area contributed by atoms with Crippen LogP contribution in [0.2, 0.25) is 10.0 Å². The van der Waals surface area contributed by atoms with Crippen LogP contribution in [0.1, 0.15) is 5.56 Å². The summed E-state index contributed by atoms with van der Waals surface area (Å²) < 4.78 is 31.9. The molecule has 1 N–H and O–H groups in total. The van der Waals surface area contributed by atoms with Crippen LogP contribution in [0.4, 0.5) is 10.1 Å². The van der Waals surface area contributed by atoms with Gasteiger partial charge in [-0.05, 0) is 60.7 Å². The van der Waals surface area contributed by atoms with Crippen molar-refractivity contribution in [3.8, 4) is 23.1 Å². The lowest BCUT2D eigenvalue weighted by atomic mass is 10.2. The highest BCUT2D eigenvalue weighted by Crippen LogP contribution is 2.34. The van der Waals surface area contributed by atoms with Gasteiger partial charge in [0.15, 0.2) is 23.9 Å². The van der Waals surface area contributed by atoms with Crippen molar-refractivity contribution in [2.24, 2.45) is 5.10 Å². The molecule has 6 rings (SSSR count). The van der Waals surface area contributed by atoms with Gasteiger partial charge in [0.25, 0.3) is 11.5 Å². The molecule has 220 valence electrons. The molecule has 44 heavy (non-hydrogen) atoms. The van der Waals surface area contributed by atoms with E-state index in [0.29, 0.717) is 32.1 Å². The Kier molecular flexibility index (Phi) is 8.01. The van der Waals surface area contributed by atoms with Gasteiger partial charge >= 0.3 is 0 Å². The van der Waals surface area contributed by atoms with Crippen LogP contribution in [0.15, 0.2) is 99.2 Å². The summed E-state index contributed by atoms with van der Waals surface area (Å²) in [6.45, 7) is -0.445. The largest absolute Gasteiger partial charge is 0.493 e. The fourth-order valence-electron chi connectivity index (χ4n) is 4.53. The summed E-state index contributed by atoms with van der Waals surface area (Å²) in [6.07, 6.45) is 1.34. The summed E-state index contributed by atoms with van der Waals surface area (Å²) in [5.41, 5.74) is 1.12. The lowest BCUT2D eigenvalue weighted by Crippen LogP contribution is -2.21. The summed E-state index contributed by atoms with van der Waals surface area (Å²) in [4.78, 5) is 31.0. The number of carbonyl (C=O) groups excluding carboxylic acids is 1. The number of para-hydroxylation sites is 1. The Hall–Kier alpha value is -5.19. The van der Waals surface area contributed by atoms with Crippen LogP contribution in [-0.4, -0.2) is 35.5 Å². The standard InChI is InChI=1S/C32H21Cl2FN4O5/c1-42-27-14-21(34)12-19(30(27)43-17-29(40)37-23-6-4-5-22(35)15-23)16-36-39-31(38-25-8-3-2-7-24(25)32(39)41)28-13-18-11-20(33)9-10-26(18)44-28/h2-16H,17H2,1H3,(H,37,40). The Bertz CT molecular complexity index is 2140. The lowest BCUT2D eigenvalue weighted by Gasteiger charge is -2.14. The first-order chi connectivity index (χ1) is 21.3. The van der Waals surface area contributed by atoms with Crippen molar-refractivity contribution in [2.45, 2.75) is 0 Å². The molecule has 0 saturated heterocycles. The number of fused-ring (bicyclic) bond motifs is 2. The predicted molar refractivity (Wildman–Crippen MR) is 168 cm³/mol. The lowest BCUT2D eigenvalue weighted by molar-refractivity contribution is -0.118. The van der Waals surface area contributed by atoms with Gasteiger partial charge in [0, 0.05) is 32.7 Å². The van der Waals surface area contributed by atoms with E-state index in [1.165, 1.54) is 43.7 Å². The minimum Gasteiger partial charge on any atom is -0.493 e. The quantitative estimate of drug-likeness (QED) is 0.179. The molecule has 0 aliphatic heterocycles. The number of halogens is 3. The average molecular weight is 631 g/mol. The molecular weight excluding hydrogens is 610 g/mol. The fourth-order valence-corrected chi connectivity index (χ4v) is 4.92. The monoisotopic (exact) mass is 630 g/mol. The number of hydrogen-bond acceptors (Lipinski definition) is 7. The first-order valence-electron chi connectivity index (χ1n) is 13.1. The number of anilines is 1. The predicted octanol–water partition coefficient (Wildman–Crippen LogP) is 7.16. The maximum absolute atomic E-state index is 13.7. The Morgan fingerprint density at radius 3 is 2.70 bits per heavy atom. The molecule has 0 aliphatic rings. The second-order valence-electron chi connectivity index (χ2n) is 9.48. The van der Waals surface area contributed by atoms with Gasteiger partial charge in [0.2, 0.25) is 5.82 Å². The Morgan fingerprint density at radius 2 is 1.89 bits per heavy atom. The van der Waals surface area contributed by atoms with E-state index in [9.17, 15) is 14.0 Å². The third-order valence-electron chi connectivity index (χ3n) is 6.49. The summed E-state index contributed by atoms with van der Waals surface area (Å²) in [5, 5.41) is 8.90. The van der Waals surface area contributed by atoms with Gasteiger partial charge in [-0.15, -0.1) is 0 Å². The van der Waals surface area contributed by atoms with Crippen molar-refractivity contribution in [1.82, 2.24) is 9.66 Å². The number of hydrogen-bond donors (Lipinski definition) is 1. The molecule has 12 heteroatoms. The SMILES string of the molecule is COc1cc(Cl)cc(C=Nn2c(-c3cc4cc(Cl)ccc4o3)nc3ccccc3c2=O)c1OCC(=O)Nc1cccc(F)c1. The summed E-state index contributed by atoms with van der Waals surface area (Å²) in [5.74, 6) is -0.254. The molecule has 4 aromatic carbocycles. The van der Waals surface area contributed by atoms with E-state index < -0.39 is 23.9 Å². The van der Waals surface area contributed by atoms with Gasteiger partial charge in [-0.1, -0.05) is 41.4 Å². The number of nitrogens with one attached hydrogen (secondary N) is 1. The van der Waals surface area contributed by atoms with Crippen LogP contribution in [-0.2, 0) is 4.79 Å². The number of amides is 1. The summed E-state index contributed by atoms with van der Waals surface area (Å²) in [7, 11) is 1.41. The van der Waals surface area contributed by atoms with Crippen molar-refractivity contribution in [3.63, 3.8) is 0 Å². The normalized spacial score (nSPS) is 11.4. The summed E-state index contributed by atoms with van der Waals surface area (Å²) >= 11 is 12.5. The molecule has 0 atom stereocenters. The van der Waals surface area contributed by atoms with Crippen molar-refractivity contribution in [1.29, 1.82) is 0 Å². The number of rotatable bonds is 8. The van der Waals surface area contributed by atoms with Crippen molar-refractivity contribution >= 4 is 62.9 Å². The van der Waals surface area contributed by atoms with Gasteiger partial charge in [-0.3, -0.25) is 9.59 Å². The van der Waals surface area contributed by atoms with Crippen molar-refractivity contribution in [2.75, 3.05) is 19.0 Å². The van der Waals surface area contributed by atoms with E-state index in [1.54, 1.807) is 54.6 Å². The van der Waals surface area contributed by atoms with E-state index in [0.717, 1.165) is 10.1 Å². The number of ether oxygens (including phenoxy) is 2. The number of carbonyl (C=O) groups is 1. The molecule has 0 spiro atoms. The van der Waals surface area contributed by atoms with Gasteiger partial charge in [0.05, 0.1) is 24.2 Å². The zero-order valence-electron chi connectivity index (χ0n) is 22.9. The average Bonchev–Trinajstić information content (AvgIpc) is 3.43. The van der Waals surface area contributed by atoms with Crippen molar-refractivity contribution < 1.29 is 23.1 Å². The zero-order valence-corrected chi connectivity index (χ0v) is 24.4. The number of nitrogens with zero attached hydrogens (tertiary/aromatic N) is 3. The van der Waals surface area contributed by atoms with E-state index in [1.807, 2.05) is 0 Å². The van der Waals surface area contributed by atoms with Crippen LogP contribution >= 0.6 is 23.2 Å². The number of benzene rings is 4. The smallest absolute Gasteiger partial charge is 0.282 e. The molecule has 2 heterocycles. The van der Waals surface area contributed by atoms with E-state index in [2.05, 4.69) is 15.4 Å². The van der Waals surface area contributed by atoms with Crippen LogP contribution in [0.3, 0.4) is 0 Å². The molecule has 0 unspecified atom stereocenters. The van der Waals surface area contributed by atoms with Crippen molar-refractivity contribution in [3.05, 3.63) is 117 Å². The van der Waals surface area contributed by atoms with E-state index in [4.69, 9.17) is 37.1 Å². The van der Waals surface area contributed by atoms with Crippen LogP contribution < -0.4 is 20.3 Å². The van der Waals surface area contributed by atoms with Gasteiger partial charge < -0.3 is 19.2 Å². The summed E-state index contributed by atoms with van der Waals surface area (Å²) in [6, 6.07) is 22.3. The van der Waals surface area contributed by atoms with Gasteiger partial charge in [-0.2, -0.15) is 9.78 Å². The Balaban J connectivity index is 1.40. The Morgan fingerprint density at radius 1 is 1.05 bits per heavy atom. The Labute approximate surface area is 259 Å². The molecule has 0 aliphatic carbocycles. The second kappa shape index (κ2) is 12.2. The number of methoxy groups -OCH3 is 1. The highest BCUT2D eigenvalue weighted by Gasteiger charge is 2.18.